The van der Waals surface area contributed by atoms with E-state index in [2.05, 4.69) is 4.98 Å². The van der Waals surface area contributed by atoms with E-state index in [1.165, 1.54) is 0 Å². The van der Waals surface area contributed by atoms with Crippen LogP contribution in [0.3, 0.4) is 0 Å². The molecule has 0 radical (unpaired) electrons. The van der Waals surface area contributed by atoms with E-state index in [0.717, 1.165) is 17.7 Å². The summed E-state index contributed by atoms with van der Waals surface area (Å²) in [5, 5.41) is 0. The van der Waals surface area contributed by atoms with E-state index in [1.807, 2.05) is 26.0 Å². The molecule has 16 heavy (non-hydrogen) atoms. The Morgan fingerprint density at radius 3 is 2.56 bits per heavy atom. The topological polar surface area (TPSA) is 43.1 Å². The Bertz CT molecular complexity index is 544. The van der Waals surface area contributed by atoms with Gasteiger partial charge in [0.2, 0.25) is 0 Å². The molecule has 3 nitrogen and oxygen atoms in total. The predicted molar refractivity (Wildman–Crippen MR) is 62.3 cm³/mol. The highest BCUT2D eigenvalue weighted by molar-refractivity contribution is 5.64. The lowest BCUT2D eigenvalue weighted by Crippen LogP contribution is -2.07. The van der Waals surface area contributed by atoms with Crippen molar-refractivity contribution in [1.82, 2.24) is 4.98 Å². The number of pyridine rings is 1. The van der Waals surface area contributed by atoms with Crippen molar-refractivity contribution in [3.63, 3.8) is 0 Å². The summed E-state index contributed by atoms with van der Waals surface area (Å²) >= 11 is 0. The minimum absolute atomic E-state index is 0.00630. The van der Waals surface area contributed by atoms with Gasteiger partial charge in [-0.25, -0.2) is 0 Å². The van der Waals surface area contributed by atoms with Gasteiger partial charge in [-0.1, -0.05) is 6.92 Å². The van der Waals surface area contributed by atoms with E-state index in [4.69, 9.17) is 4.42 Å². The Kier molecular flexibility index (Phi) is 2.86. The third-order valence-electron chi connectivity index (χ3n) is 2.49. The maximum atomic E-state index is 11.9. The van der Waals surface area contributed by atoms with Crippen molar-refractivity contribution in [1.29, 1.82) is 0 Å². The van der Waals surface area contributed by atoms with Gasteiger partial charge in [0.1, 0.15) is 11.5 Å². The molecule has 2 aromatic rings. The van der Waals surface area contributed by atoms with Gasteiger partial charge in [-0.2, -0.15) is 0 Å². The number of aromatic nitrogens is 1. The molecule has 0 spiro atoms. The molecule has 2 heterocycles. The molecule has 0 bridgehead atoms. The van der Waals surface area contributed by atoms with Gasteiger partial charge in [-0.3, -0.25) is 9.78 Å². The fourth-order valence-corrected chi connectivity index (χ4v) is 1.71. The normalized spacial score (nSPS) is 10.4. The van der Waals surface area contributed by atoms with Crippen molar-refractivity contribution in [3.8, 4) is 11.1 Å². The summed E-state index contributed by atoms with van der Waals surface area (Å²) in [6.07, 6.45) is 4.07. The largest absolute Gasteiger partial charge is 0.465 e. The molecule has 0 aliphatic heterocycles. The molecule has 3 heteroatoms. The van der Waals surface area contributed by atoms with Crippen LogP contribution in [0.4, 0.5) is 0 Å². The number of hydrogen-bond acceptors (Lipinski definition) is 3. The van der Waals surface area contributed by atoms with Crippen LogP contribution in [0.2, 0.25) is 0 Å². The van der Waals surface area contributed by atoms with E-state index >= 15 is 0 Å². The maximum Gasteiger partial charge on any atom is 0.193 e. The van der Waals surface area contributed by atoms with Gasteiger partial charge in [-0.05, 0) is 24.6 Å². The lowest BCUT2D eigenvalue weighted by molar-refractivity contribution is 0.471. The van der Waals surface area contributed by atoms with Crippen molar-refractivity contribution in [2.45, 2.75) is 20.3 Å². The lowest BCUT2D eigenvalue weighted by atomic mass is 10.1. The van der Waals surface area contributed by atoms with E-state index in [9.17, 15) is 4.79 Å². The number of hydrogen-bond donors (Lipinski definition) is 0. The van der Waals surface area contributed by atoms with Crippen molar-refractivity contribution < 1.29 is 4.42 Å². The highest BCUT2D eigenvalue weighted by atomic mass is 16.3. The molecule has 0 fully saturated rings. The van der Waals surface area contributed by atoms with E-state index < -0.39 is 0 Å². The zero-order chi connectivity index (χ0) is 11.5. The molecule has 0 N–H and O–H groups in total. The van der Waals surface area contributed by atoms with Gasteiger partial charge >= 0.3 is 0 Å². The van der Waals surface area contributed by atoms with Crippen LogP contribution in [-0.2, 0) is 6.42 Å². The van der Waals surface area contributed by atoms with Crippen molar-refractivity contribution >= 4 is 0 Å². The fraction of sp³-hybridized carbons (Fsp3) is 0.231. The monoisotopic (exact) mass is 215 g/mol. The third-order valence-corrected chi connectivity index (χ3v) is 2.49. The standard InChI is InChI=1S/C13H13NO2/c1-3-11-8-12(15)13(9(2)16-11)10-4-6-14-7-5-10/h4-8H,3H2,1-2H3. The van der Waals surface area contributed by atoms with Gasteiger partial charge in [0.25, 0.3) is 0 Å². The Balaban J connectivity index is 2.63. The number of rotatable bonds is 2. The Hall–Kier alpha value is -1.90. The first kappa shape index (κ1) is 10.6. The first-order chi connectivity index (χ1) is 7.72. The Labute approximate surface area is 93.8 Å². The molecule has 0 unspecified atom stereocenters. The molecule has 0 aromatic carbocycles. The minimum atomic E-state index is 0.00630. The molecular weight excluding hydrogens is 202 g/mol. The summed E-state index contributed by atoms with van der Waals surface area (Å²) < 4.78 is 5.57. The molecule has 0 aliphatic carbocycles. The molecule has 0 saturated heterocycles. The smallest absolute Gasteiger partial charge is 0.193 e. The van der Waals surface area contributed by atoms with Gasteiger partial charge in [0.05, 0.1) is 5.56 Å². The van der Waals surface area contributed by atoms with Gasteiger partial charge in [0, 0.05) is 24.9 Å². The van der Waals surface area contributed by atoms with E-state index in [-0.39, 0.29) is 5.43 Å². The summed E-state index contributed by atoms with van der Waals surface area (Å²) in [5.41, 5.74) is 1.48. The van der Waals surface area contributed by atoms with E-state index in [1.54, 1.807) is 18.5 Å². The van der Waals surface area contributed by atoms with E-state index in [0.29, 0.717) is 11.3 Å². The van der Waals surface area contributed by atoms with Crippen LogP contribution >= 0.6 is 0 Å². The minimum Gasteiger partial charge on any atom is -0.465 e. The summed E-state index contributed by atoms with van der Waals surface area (Å²) in [7, 11) is 0. The van der Waals surface area contributed by atoms with Crippen molar-refractivity contribution in [2.75, 3.05) is 0 Å². The maximum absolute atomic E-state index is 11.9. The number of nitrogens with zero attached hydrogens (tertiary/aromatic N) is 1. The molecule has 0 saturated carbocycles. The Morgan fingerprint density at radius 2 is 2.00 bits per heavy atom. The average Bonchev–Trinajstić information content (AvgIpc) is 2.29. The quantitative estimate of drug-likeness (QED) is 0.773. The first-order valence-electron chi connectivity index (χ1n) is 5.26. The molecular formula is C13H13NO2. The highest BCUT2D eigenvalue weighted by Gasteiger charge is 2.09. The SMILES string of the molecule is CCc1cc(=O)c(-c2ccncc2)c(C)o1. The zero-order valence-corrected chi connectivity index (χ0v) is 9.36. The second-order valence-electron chi connectivity index (χ2n) is 3.60. The van der Waals surface area contributed by atoms with Crippen LogP contribution in [0, 0.1) is 6.92 Å². The van der Waals surface area contributed by atoms with Crippen LogP contribution in [0.1, 0.15) is 18.4 Å². The van der Waals surface area contributed by atoms with Crippen LogP contribution in [0.25, 0.3) is 11.1 Å². The second-order valence-corrected chi connectivity index (χ2v) is 3.60. The summed E-state index contributed by atoms with van der Waals surface area (Å²) in [4.78, 5) is 15.9. The molecule has 2 rings (SSSR count). The Morgan fingerprint density at radius 1 is 1.31 bits per heavy atom. The van der Waals surface area contributed by atoms with Crippen LogP contribution in [0.5, 0.6) is 0 Å². The van der Waals surface area contributed by atoms with Crippen molar-refractivity contribution in [3.05, 3.63) is 52.3 Å². The summed E-state index contributed by atoms with van der Waals surface area (Å²) in [6.45, 7) is 3.78. The molecule has 0 atom stereocenters. The predicted octanol–water partition coefficient (Wildman–Crippen LogP) is 2.57. The lowest BCUT2D eigenvalue weighted by Gasteiger charge is -2.05. The molecule has 0 amide bonds. The van der Waals surface area contributed by atoms with Gasteiger partial charge < -0.3 is 4.42 Å². The molecule has 82 valence electrons. The molecule has 0 aliphatic rings. The summed E-state index contributed by atoms with van der Waals surface area (Å²) in [6, 6.07) is 5.18. The number of aryl methyl sites for hydroxylation is 2. The first-order valence-corrected chi connectivity index (χ1v) is 5.26. The van der Waals surface area contributed by atoms with Crippen molar-refractivity contribution in [2.24, 2.45) is 0 Å². The van der Waals surface area contributed by atoms with Crippen LogP contribution in [0.15, 0.2) is 39.8 Å². The zero-order valence-electron chi connectivity index (χ0n) is 9.36. The highest BCUT2D eigenvalue weighted by Crippen LogP contribution is 2.19. The van der Waals surface area contributed by atoms with Crippen LogP contribution in [-0.4, -0.2) is 4.98 Å². The van der Waals surface area contributed by atoms with Gasteiger partial charge in [0.15, 0.2) is 5.43 Å². The third kappa shape index (κ3) is 1.89. The average molecular weight is 215 g/mol. The van der Waals surface area contributed by atoms with Gasteiger partial charge in [-0.15, -0.1) is 0 Å². The molecule has 2 aromatic heterocycles. The van der Waals surface area contributed by atoms with Crippen LogP contribution < -0.4 is 5.43 Å². The summed E-state index contributed by atoms with van der Waals surface area (Å²) in [5.74, 6) is 1.39. The second kappa shape index (κ2) is 4.31. The fourth-order valence-electron chi connectivity index (χ4n) is 1.71.